The number of amides is 1. The number of halogens is 2. The number of piperidine rings is 1. The van der Waals surface area contributed by atoms with Gasteiger partial charge in [0.05, 0.1) is 23.6 Å². The number of hydrogen-bond donors (Lipinski definition) is 0. The lowest BCUT2D eigenvalue weighted by molar-refractivity contribution is -0.135. The van der Waals surface area contributed by atoms with Gasteiger partial charge < -0.3 is 4.90 Å². The van der Waals surface area contributed by atoms with Crippen molar-refractivity contribution in [2.24, 2.45) is 4.99 Å². The number of aromatic nitrogens is 4. The van der Waals surface area contributed by atoms with Crippen LogP contribution >= 0.6 is 22.9 Å². The Hall–Kier alpha value is -3.87. The molecule has 3 aromatic heterocycles. The molecule has 1 fully saturated rings. The minimum Gasteiger partial charge on any atom is -0.339 e. The van der Waals surface area contributed by atoms with Gasteiger partial charge in [0.15, 0.2) is 5.82 Å². The van der Waals surface area contributed by atoms with Gasteiger partial charge in [-0.2, -0.15) is 0 Å². The van der Waals surface area contributed by atoms with E-state index in [4.69, 9.17) is 16.6 Å². The maximum absolute atomic E-state index is 14.8. The van der Waals surface area contributed by atoms with Crippen molar-refractivity contribution in [2.45, 2.75) is 51.7 Å². The van der Waals surface area contributed by atoms with Crippen molar-refractivity contribution in [3.63, 3.8) is 0 Å². The molecule has 4 aromatic rings. The fourth-order valence-corrected chi connectivity index (χ4v) is 6.75. The van der Waals surface area contributed by atoms with E-state index in [1.807, 2.05) is 60.9 Å². The average molecular weight is 587 g/mol. The number of carbonyl (C=O) groups is 1. The van der Waals surface area contributed by atoms with E-state index in [0.717, 1.165) is 32.3 Å². The molecule has 0 N–H and O–H groups in total. The molecule has 41 heavy (non-hydrogen) atoms. The summed E-state index contributed by atoms with van der Waals surface area (Å²) in [5.41, 5.74) is 2.77. The molecule has 1 unspecified atom stereocenters. The predicted molar refractivity (Wildman–Crippen MR) is 159 cm³/mol. The largest absolute Gasteiger partial charge is 0.339 e. The van der Waals surface area contributed by atoms with Gasteiger partial charge in [0.2, 0.25) is 5.91 Å². The summed E-state index contributed by atoms with van der Waals surface area (Å²) in [7, 11) is 0. The molecule has 5 heterocycles. The number of alkyl halides is 1. The number of fused-ring (bicyclic) bond motifs is 3. The lowest BCUT2D eigenvalue weighted by atomic mass is 9.96. The van der Waals surface area contributed by atoms with E-state index in [2.05, 4.69) is 27.0 Å². The van der Waals surface area contributed by atoms with Gasteiger partial charge in [0.1, 0.15) is 28.2 Å². The van der Waals surface area contributed by atoms with Crippen molar-refractivity contribution in [3.8, 4) is 16.8 Å². The Morgan fingerprint density at radius 3 is 2.71 bits per heavy atom. The molecule has 6 rings (SSSR count). The highest BCUT2D eigenvalue weighted by molar-refractivity contribution is 7.15. The first-order valence-corrected chi connectivity index (χ1v) is 14.7. The van der Waals surface area contributed by atoms with Crippen LogP contribution in [0.15, 0.2) is 53.7 Å². The number of nitrogens with zero attached hydrogens (tertiary/aromatic N) is 6. The molecule has 1 aromatic carbocycles. The van der Waals surface area contributed by atoms with Crippen LogP contribution in [0, 0.1) is 25.7 Å². The topological polar surface area (TPSA) is 76.3 Å². The summed E-state index contributed by atoms with van der Waals surface area (Å²) in [4.78, 5) is 25.5. The Morgan fingerprint density at radius 1 is 1.17 bits per heavy atom. The monoisotopic (exact) mass is 586 g/mol. The van der Waals surface area contributed by atoms with E-state index in [1.165, 1.54) is 11.3 Å². The predicted octanol–water partition coefficient (Wildman–Crippen LogP) is 6.03. The van der Waals surface area contributed by atoms with E-state index in [9.17, 15) is 9.18 Å². The van der Waals surface area contributed by atoms with Crippen LogP contribution in [0.5, 0.6) is 0 Å². The molecule has 2 atom stereocenters. The number of hydrogen-bond acceptors (Lipinski definition) is 6. The first-order chi connectivity index (χ1) is 19.7. The first-order valence-electron chi connectivity index (χ1n) is 13.5. The van der Waals surface area contributed by atoms with Gasteiger partial charge in [-0.1, -0.05) is 29.8 Å². The van der Waals surface area contributed by atoms with Crippen LogP contribution in [-0.2, 0) is 4.79 Å². The van der Waals surface area contributed by atoms with Crippen LogP contribution < -0.4 is 0 Å². The summed E-state index contributed by atoms with van der Waals surface area (Å²) in [6.07, 6.45) is 2.87. The second-order valence-electron chi connectivity index (χ2n) is 10.7. The van der Waals surface area contributed by atoms with Crippen LogP contribution in [-0.4, -0.2) is 55.0 Å². The number of likely N-dealkylation sites (tertiary alicyclic amines) is 1. The lowest BCUT2D eigenvalue weighted by Gasteiger charge is -2.35. The minimum atomic E-state index is -1.39. The quantitative estimate of drug-likeness (QED) is 0.275. The van der Waals surface area contributed by atoms with Gasteiger partial charge in [0, 0.05) is 28.9 Å². The summed E-state index contributed by atoms with van der Waals surface area (Å²) in [6, 6.07) is 12.5. The van der Waals surface area contributed by atoms with Crippen LogP contribution in [0.4, 0.5) is 4.39 Å². The van der Waals surface area contributed by atoms with Gasteiger partial charge >= 0.3 is 0 Å². The molecular weight excluding hydrogens is 559 g/mol. The molecule has 0 bridgehead atoms. The van der Waals surface area contributed by atoms with Gasteiger partial charge in [-0.25, -0.2) is 9.37 Å². The van der Waals surface area contributed by atoms with Gasteiger partial charge in [0.25, 0.3) is 0 Å². The molecule has 1 amide bonds. The summed E-state index contributed by atoms with van der Waals surface area (Å²) >= 11 is 7.77. The van der Waals surface area contributed by atoms with E-state index >= 15 is 0 Å². The zero-order valence-electron chi connectivity index (χ0n) is 23.0. The number of pyridine rings is 1. The Bertz CT molecular complexity index is 1710. The van der Waals surface area contributed by atoms with Crippen molar-refractivity contribution < 1.29 is 9.18 Å². The number of carbonyl (C=O) groups excluding carboxylic acids is 1. The van der Waals surface area contributed by atoms with Crippen LogP contribution in [0.3, 0.4) is 0 Å². The Morgan fingerprint density at radius 2 is 1.98 bits per heavy atom. The normalized spacial score (nSPS) is 19.9. The molecule has 0 spiro atoms. The maximum atomic E-state index is 14.8. The third-order valence-corrected chi connectivity index (χ3v) is 8.90. The Labute approximate surface area is 247 Å². The second-order valence-corrected chi connectivity index (χ2v) is 12.1. The highest BCUT2D eigenvalue weighted by Gasteiger charge is 2.36. The van der Waals surface area contributed by atoms with E-state index in [1.54, 1.807) is 18.0 Å². The SMILES string of the molecule is Cc1c(C#Cc2ccccn2)sc2c1C(c1ccc(Cl)cc1)=N[C@@H](CC(=O)N1CCCC(C)(F)C1)c1nnc(C)n1-2. The molecule has 7 nitrogen and oxygen atoms in total. The summed E-state index contributed by atoms with van der Waals surface area (Å²) in [6.45, 7) is 6.10. The van der Waals surface area contributed by atoms with Gasteiger partial charge in [-0.05, 0) is 75.3 Å². The molecular formula is C31H28ClFN6OS. The highest BCUT2D eigenvalue weighted by atomic mass is 35.5. The Balaban J connectivity index is 1.48. The number of rotatable bonds is 3. The van der Waals surface area contributed by atoms with Gasteiger partial charge in [-0.3, -0.25) is 14.4 Å². The van der Waals surface area contributed by atoms with Crippen molar-refractivity contribution in [1.29, 1.82) is 0 Å². The third kappa shape index (κ3) is 5.42. The second kappa shape index (κ2) is 10.8. The number of aryl methyl sites for hydroxylation is 1. The fourth-order valence-electron chi connectivity index (χ4n) is 5.40. The third-order valence-electron chi connectivity index (χ3n) is 7.45. The van der Waals surface area contributed by atoms with E-state index in [0.29, 0.717) is 41.8 Å². The van der Waals surface area contributed by atoms with Gasteiger partial charge in [-0.15, -0.1) is 21.5 Å². The molecule has 0 aliphatic carbocycles. The first kappa shape index (κ1) is 27.3. The van der Waals surface area contributed by atoms with Crippen LogP contribution in [0.1, 0.15) is 71.1 Å². The molecule has 2 aliphatic heterocycles. The fraction of sp³-hybridized carbons (Fsp3) is 0.323. The minimum absolute atomic E-state index is 0.0611. The van der Waals surface area contributed by atoms with Crippen LogP contribution in [0.2, 0.25) is 5.02 Å². The standard InChI is InChI=1S/C31H28ClFN6OS/c1-19-25(13-12-23-7-4-5-15-34-23)41-30-27(19)28(21-8-10-22(32)11-9-21)35-24(29-37-36-20(2)39(29)30)17-26(40)38-16-6-14-31(3,33)18-38/h4-5,7-11,15,24H,6,14,16-18H2,1-3H3/t24-,31?/m0/s1. The summed E-state index contributed by atoms with van der Waals surface area (Å²) < 4.78 is 16.8. The molecule has 1 saturated heterocycles. The molecule has 10 heteroatoms. The smallest absolute Gasteiger partial charge is 0.225 e. The van der Waals surface area contributed by atoms with Crippen molar-refractivity contribution in [3.05, 3.63) is 92.6 Å². The molecule has 208 valence electrons. The lowest BCUT2D eigenvalue weighted by Crippen LogP contribution is -2.46. The molecule has 0 saturated carbocycles. The number of thiophene rings is 1. The van der Waals surface area contributed by atoms with E-state index < -0.39 is 11.7 Å². The summed E-state index contributed by atoms with van der Waals surface area (Å²) in [5, 5.41) is 10.4. The zero-order chi connectivity index (χ0) is 28.7. The molecule has 0 radical (unpaired) electrons. The zero-order valence-corrected chi connectivity index (χ0v) is 24.6. The number of benzene rings is 1. The van der Waals surface area contributed by atoms with Crippen molar-refractivity contribution in [1.82, 2.24) is 24.6 Å². The Kier molecular flexibility index (Phi) is 7.22. The van der Waals surface area contributed by atoms with Crippen molar-refractivity contribution in [2.75, 3.05) is 13.1 Å². The highest BCUT2D eigenvalue weighted by Crippen LogP contribution is 2.40. The average Bonchev–Trinajstić information content (AvgIpc) is 3.45. The van der Waals surface area contributed by atoms with E-state index in [-0.39, 0.29) is 18.9 Å². The molecule has 2 aliphatic rings. The van der Waals surface area contributed by atoms with Crippen molar-refractivity contribution >= 4 is 34.6 Å². The maximum Gasteiger partial charge on any atom is 0.225 e. The number of aliphatic imine (C=N–C) groups is 1. The van der Waals surface area contributed by atoms with Crippen LogP contribution in [0.25, 0.3) is 5.00 Å². The summed E-state index contributed by atoms with van der Waals surface area (Å²) in [5.74, 6) is 7.59.